The molecule has 0 saturated carbocycles. The lowest BCUT2D eigenvalue weighted by Crippen LogP contribution is -2.61. The Bertz CT molecular complexity index is 1130. The minimum atomic E-state index is -3.49. The van der Waals surface area contributed by atoms with Crippen molar-refractivity contribution < 1.29 is 37.0 Å². The Morgan fingerprint density at radius 3 is 2.58 bits per heavy atom. The predicted octanol–water partition coefficient (Wildman–Crippen LogP) is -0.241. The van der Waals surface area contributed by atoms with E-state index in [4.69, 9.17) is 4.74 Å². The number of sulfonamides is 1. The van der Waals surface area contributed by atoms with Gasteiger partial charge in [-0.15, -0.1) is 0 Å². The van der Waals surface area contributed by atoms with Crippen molar-refractivity contribution >= 4 is 38.4 Å². The highest BCUT2D eigenvalue weighted by Gasteiger charge is 2.57. The highest BCUT2D eigenvalue weighted by atomic mass is 32.2. The molecule has 1 aromatic rings. The van der Waals surface area contributed by atoms with Crippen LogP contribution in [0.3, 0.4) is 0 Å². The van der Waals surface area contributed by atoms with Gasteiger partial charge < -0.3 is 14.7 Å². The molecule has 180 valence electrons. The van der Waals surface area contributed by atoms with Crippen LogP contribution < -0.4 is 4.72 Å². The molecule has 1 fully saturated rings. The van der Waals surface area contributed by atoms with Crippen LogP contribution in [-0.2, 0) is 41.8 Å². The number of fused-ring (bicyclic) bond motifs is 1. The van der Waals surface area contributed by atoms with Gasteiger partial charge in [0.2, 0.25) is 15.9 Å². The smallest absolute Gasteiger partial charge is 0.356 e. The molecule has 2 aliphatic heterocycles. The van der Waals surface area contributed by atoms with Crippen molar-refractivity contribution in [1.29, 1.82) is 0 Å². The summed E-state index contributed by atoms with van der Waals surface area (Å²) in [7, 11) is -5.27. The maximum atomic E-state index is 12.9. The van der Waals surface area contributed by atoms with Gasteiger partial charge in [-0.25, -0.2) is 17.9 Å². The first-order valence-electron chi connectivity index (χ1n) is 9.88. The van der Waals surface area contributed by atoms with E-state index >= 15 is 0 Å². The van der Waals surface area contributed by atoms with E-state index in [1.807, 2.05) is 0 Å². The average Bonchev–Trinajstić information content (AvgIpc) is 3.06. The van der Waals surface area contributed by atoms with Crippen LogP contribution in [0.4, 0.5) is 5.69 Å². The molecular formula is C19H23N3O9S2. The van der Waals surface area contributed by atoms with Gasteiger partial charge in [-0.05, 0) is 24.6 Å². The number of amides is 1. The van der Waals surface area contributed by atoms with Crippen molar-refractivity contribution in [3.8, 4) is 0 Å². The summed E-state index contributed by atoms with van der Waals surface area (Å²) in [4.78, 5) is 36.9. The molecule has 1 saturated heterocycles. The molecule has 0 aromatic heterocycles. The van der Waals surface area contributed by atoms with Crippen molar-refractivity contribution in [1.82, 2.24) is 9.62 Å². The van der Waals surface area contributed by atoms with E-state index in [0.29, 0.717) is 5.56 Å². The fourth-order valence-corrected chi connectivity index (χ4v) is 5.69. The summed E-state index contributed by atoms with van der Waals surface area (Å²) in [6.45, 7) is 1.10. The van der Waals surface area contributed by atoms with Crippen LogP contribution in [0.2, 0.25) is 0 Å². The Hall–Kier alpha value is -2.68. The fourth-order valence-electron chi connectivity index (χ4n) is 3.80. The van der Waals surface area contributed by atoms with E-state index in [2.05, 4.69) is 4.72 Å². The second-order valence-corrected chi connectivity index (χ2v) is 11.2. The highest BCUT2D eigenvalue weighted by Crippen LogP contribution is 2.45. The number of esters is 1. The average molecular weight is 502 g/mol. The quantitative estimate of drug-likeness (QED) is 0.190. The third-order valence-corrected chi connectivity index (χ3v) is 7.54. The Kier molecular flexibility index (Phi) is 7.31. The molecule has 2 aliphatic rings. The number of aliphatic hydroxyl groups excluding tert-OH is 1. The number of rotatable bonds is 10. The summed E-state index contributed by atoms with van der Waals surface area (Å²) in [5, 5.41) is 20.7. The molecule has 0 aliphatic carbocycles. The van der Waals surface area contributed by atoms with E-state index in [-0.39, 0.29) is 41.6 Å². The van der Waals surface area contributed by atoms with Gasteiger partial charge in [-0.1, -0.05) is 0 Å². The zero-order chi connectivity index (χ0) is 24.5. The fraction of sp³-hybridized carbons (Fsp3) is 0.474. The molecule has 3 rings (SSSR count). The molecule has 0 spiro atoms. The molecule has 0 radical (unpaired) electrons. The first-order chi connectivity index (χ1) is 15.4. The number of aliphatic hydroxyl groups is 1. The van der Waals surface area contributed by atoms with E-state index in [0.717, 1.165) is 6.26 Å². The number of nitrogens with one attached hydrogen (secondary N) is 1. The number of nitro groups is 1. The van der Waals surface area contributed by atoms with Gasteiger partial charge in [-0.3, -0.25) is 19.1 Å². The second kappa shape index (κ2) is 9.67. The second-order valence-electron chi connectivity index (χ2n) is 7.73. The molecular weight excluding hydrogens is 478 g/mol. The first kappa shape index (κ1) is 25.0. The van der Waals surface area contributed by atoms with Crippen LogP contribution in [0.5, 0.6) is 0 Å². The van der Waals surface area contributed by atoms with Gasteiger partial charge in [0.1, 0.15) is 12.3 Å². The molecule has 0 bridgehead atoms. The first-order valence-corrected chi connectivity index (χ1v) is 13.1. The third kappa shape index (κ3) is 5.46. The number of carbonyl (C=O) groups is 2. The summed E-state index contributed by atoms with van der Waals surface area (Å²) in [6, 6.07) is 4.82. The topological polar surface area (TPSA) is 173 Å². The molecule has 33 heavy (non-hydrogen) atoms. The molecule has 1 amide bonds. The molecule has 14 heteroatoms. The lowest BCUT2D eigenvalue weighted by molar-refractivity contribution is -0.384. The molecule has 4 atom stereocenters. The van der Waals surface area contributed by atoms with Gasteiger partial charge in [0, 0.05) is 35.8 Å². The lowest BCUT2D eigenvalue weighted by atomic mass is 9.83. The maximum absolute atomic E-state index is 12.9. The summed E-state index contributed by atoms with van der Waals surface area (Å²) in [6.07, 6.45) is 0.0917. The van der Waals surface area contributed by atoms with Crippen LogP contribution in [0.15, 0.2) is 34.9 Å². The van der Waals surface area contributed by atoms with Gasteiger partial charge in [0.05, 0.1) is 40.0 Å². The number of non-ortho nitro benzene ring substituents is 1. The van der Waals surface area contributed by atoms with Crippen LogP contribution in [0.25, 0.3) is 0 Å². The lowest BCUT2D eigenvalue weighted by Gasteiger charge is -2.44. The predicted molar refractivity (Wildman–Crippen MR) is 116 cm³/mol. The number of benzene rings is 1. The van der Waals surface area contributed by atoms with Crippen LogP contribution in [0.1, 0.15) is 18.9 Å². The maximum Gasteiger partial charge on any atom is 0.356 e. The Morgan fingerprint density at radius 2 is 2.03 bits per heavy atom. The van der Waals surface area contributed by atoms with E-state index < -0.39 is 55.7 Å². The van der Waals surface area contributed by atoms with Crippen molar-refractivity contribution in [3.63, 3.8) is 0 Å². The van der Waals surface area contributed by atoms with Gasteiger partial charge in [0.25, 0.3) is 5.69 Å². The zero-order valence-electron chi connectivity index (χ0n) is 17.8. The number of β-lactam (4-membered cyclic amide) rings is 1. The Morgan fingerprint density at radius 1 is 1.39 bits per heavy atom. The molecule has 1 aromatic carbocycles. The van der Waals surface area contributed by atoms with Gasteiger partial charge in [-0.2, -0.15) is 0 Å². The van der Waals surface area contributed by atoms with E-state index in [1.165, 1.54) is 36.1 Å². The van der Waals surface area contributed by atoms with Crippen molar-refractivity contribution in [2.24, 2.45) is 5.92 Å². The Labute approximate surface area is 192 Å². The van der Waals surface area contributed by atoms with Crippen LogP contribution >= 0.6 is 0 Å². The third-order valence-electron chi connectivity index (χ3n) is 5.33. The summed E-state index contributed by atoms with van der Waals surface area (Å²) < 4.78 is 42.9. The van der Waals surface area contributed by atoms with E-state index in [9.17, 15) is 37.4 Å². The number of ether oxygens (including phenoxy) is 1. The van der Waals surface area contributed by atoms with Crippen LogP contribution in [-0.4, -0.2) is 70.1 Å². The Balaban J connectivity index is 1.77. The van der Waals surface area contributed by atoms with Crippen molar-refractivity contribution in [2.45, 2.75) is 32.1 Å². The normalized spacial score (nSPS) is 21.9. The minimum absolute atomic E-state index is 0.0920. The molecule has 12 nitrogen and oxygen atoms in total. The SMILES string of the molecule is CC(O)C1C(=O)N2C(C(=O)OCc3ccc([N+](=O)[O-])cc3)=C(S(=O)CCNS(C)(=O)=O)CC12. The van der Waals surface area contributed by atoms with E-state index in [1.54, 1.807) is 0 Å². The number of nitro benzene ring substituents is 1. The van der Waals surface area contributed by atoms with Crippen LogP contribution in [0, 0.1) is 16.0 Å². The summed E-state index contributed by atoms with van der Waals surface area (Å²) >= 11 is 0. The standard InChI is InChI=1S/C19H23N3O9S2/c1-11(23)16-14-9-15(32(28)8-7-20-33(2,29)30)17(21(14)18(16)24)19(25)31-10-12-3-5-13(6-4-12)22(26)27/h3-6,11,14,16,20,23H,7-10H2,1-2H3. The number of carbonyl (C=O) groups excluding carboxylic acids is 2. The van der Waals surface area contributed by atoms with Gasteiger partial charge in [0.15, 0.2) is 0 Å². The molecule has 2 N–H and O–H groups in total. The highest BCUT2D eigenvalue weighted by molar-refractivity contribution is 7.89. The number of hydrogen-bond donors (Lipinski definition) is 2. The van der Waals surface area contributed by atoms with Crippen molar-refractivity contribution in [3.05, 3.63) is 50.5 Å². The largest absolute Gasteiger partial charge is 0.456 e. The molecule has 4 unspecified atom stereocenters. The zero-order valence-corrected chi connectivity index (χ0v) is 19.4. The monoisotopic (exact) mass is 501 g/mol. The number of hydrogen-bond acceptors (Lipinski definition) is 9. The summed E-state index contributed by atoms with van der Waals surface area (Å²) in [5.41, 5.74) is 0.185. The molecule has 2 heterocycles. The van der Waals surface area contributed by atoms with Crippen molar-refractivity contribution in [2.75, 3.05) is 18.6 Å². The summed E-state index contributed by atoms with van der Waals surface area (Å²) in [5.74, 6) is -2.24. The number of nitrogens with zero attached hydrogens (tertiary/aromatic N) is 2. The van der Waals surface area contributed by atoms with Gasteiger partial charge >= 0.3 is 5.97 Å². The minimum Gasteiger partial charge on any atom is -0.456 e.